The van der Waals surface area contributed by atoms with E-state index in [-0.39, 0.29) is 0 Å². The summed E-state index contributed by atoms with van der Waals surface area (Å²) in [6.07, 6.45) is 1.41. The molecule has 2 atom stereocenters. The Morgan fingerprint density at radius 2 is 2.44 bits per heavy atom. The maximum absolute atomic E-state index is 12.8. The van der Waals surface area contributed by atoms with E-state index in [1.807, 2.05) is 0 Å². The monoisotopic (exact) mass is 131 g/mol. The topological polar surface area (TPSA) is 12.0 Å². The highest BCUT2D eigenvalue weighted by molar-refractivity contribution is 4.75. The number of hydrogen-bond donors (Lipinski definition) is 1. The van der Waals surface area contributed by atoms with Crippen molar-refractivity contribution in [3.05, 3.63) is 0 Å². The summed E-state index contributed by atoms with van der Waals surface area (Å²) in [5.41, 5.74) is 0. The molecule has 1 saturated heterocycles. The molecule has 1 unspecified atom stereocenters. The lowest BCUT2D eigenvalue weighted by atomic mass is 9.94. The van der Waals surface area contributed by atoms with Gasteiger partial charge in [-0.3, -0.25) is 0 Å². The molecular formula is C7H14FN. The molecule has 1 nitrogen and oxygen atoms in total. The molecule has 0 aromatic rings. The van der Waals surface area contributed by atoms with E-state index in [9.17, 15) is 4.39 Å². The molecule has 0 bridgehead atoms. The lowest BCUT2D eigenvalue weighted by molar-refractivity contribution is 0.176. The van der Waals surface area contributed by atoms with Crippen molar-refractivity contribution in [3.63, 3.8) is 0 Å². The first-order chi connectivity index (χ1) is 4.34. The summed E-state index contributed by atoms with van der Waals surface area (Å²) in [5, 5.41) is 3.02. The van der Waals surface area contributed by atoms with Gasteiger partial charge in [-0.05, 0) is 18.9 Å². The molecule has 1 heterocycles. The van der Waals surface area contributed by atoms with Crippen molar-refractivity contribution < 1.29 is 4.39 Å². The van der Waals surface area contributed by atoms with Crippen LogP contribution in [0.15, 0.2) is 0 Å². The fourth-order valence-electron chi connectivity index (χ4n) is 1.33. The third-order valence-electron chi connectivity index (χ3n) is 2.07. The van der Waals surface area contributed by atoms with Gasteiger partial charge in [0.1, 0.15) is 6.17 Å². The van der Waals surface area contributed by atoms with Gasteiger partial charge in [0.05, 0.1) is 0 Å². The van der Waals surface area contributed by atoms with Crippen LogP contribution in [-0.2, 0) is 0 Å². The summed E-state index contributed by atoms with van der Waals surface area (Å²) in [6, 6.07) is 0. The molecule has 1 aliphatic rings. The summed E-state index contributed by atoms with van der Waals surface area (Å²) in [7, 11) is 0. The molecule has 1 rings (SSSR count). The van der Waals surface area contributed by atoms with Gasteiger partial charge in [0, 0.05) is 6.54 Å². The van der Waals surface area contributed by atoms with Crippen LogP contribution in [0, 0.1) is 5.92 Å². The first kappa shape index (κ1) is 7.00. The largest absolute Gasteiger partial charge is 0.314 e. The molecule has 0 aromatic carbocycles. The summed E-state index contributed by atoms with van der Waals surface area (Å²) < 4.78 is 12.8. The van der Waals surface area contributed by atoms with E-state index < -0.39 is 6.17 Å². The summed E-state index contributed by atoms with van der Waals surface area (Å²) in [4.78, 5) is 0. The van der Waals surface area contributed by atoms with Gasteiger partial charge in [-0.15, -0.1) is 0 Å². The van der Waals surface area contributed by atoms with Crippen molar-refractivity contribution in [1.82, 2.24) is 5.32 Å². The second-order valence-corrected chi connectivity index (χ2v) is 2.68. The molecule has 1 N–H and O–H groups in total. The zero-order valence-corrected chi connectivity index (χ0v) is 5.86. The Balaban J connectivity index is 2.30. The maximum atomic E-state index is 12.8. The number of nitrogens with one attached hydrogen (secondary N) is 1. The van der Waals surface area contributed by atoms with Crippen LogP contribution in [0.2, 0.25) is 0 Å². The lowest BCUT2D eigenvalue weighted by Gasteiger charge is -2.25. The Morgan fingerprint density at radius 3 is 2.89 bits per heavy atom. The van der Waals surface area contributed by atoms with E-state index in [4.69, 9.17) is 0 Å². The van der Waals surface area contributed by atoms with Gasteiger partial charge in [-0.25, -0.2) is 4.39 Å². The summed E-state index contributed by atoms with van der Waals surface area (Å²) in [6.45, 7) is 3.62. The fraction of sp³-hybridized carbons (Fsp3) is 1.00. The van der Waals surface area contributed by atoms with Gasteiger partial charge >= 0.3 is 0 Å². The molecule has 54 valence electrons. The predicted octanol–water partition coefficient (Wildman–Crippen LogP) is 1.34. The molecule has 9 heavy (non-hydrogen) atoms. The number of halogens is 1. The Labute approximate surface area is 55.6 Å². The van der Waals surface area contributed by atoms with E-state index >= 15 is 0 Å². The van der Waals surface area contributed by atoms with Crippen molar-refractivity contribution in [1.29, 1.82) is 0 Å². The molecule has 0 radical (unpaired) electrons. The number of rotatable bonds is 1. The zero-order chi connectivity index (χ0) is 6.69. The molecule has 0 amide bonds. The zero-order valence-electron chi connectivity index (χ0n) is 5.86. The first-order valence-electron chi connectivity index (χ1n) is 3.69. The molecule has 1 aliphatic heterocycles. The van der Waals surface area contributed by atoms with Gasteiger partial charge in [-0.2, -0.15) is 0 Å². The van der Waals surface area contributed by atoms with Crippen molar-refractivity contribution >= 4 is 0 Å². The summed E-state index contributed by atoms with van der Waals surface area (Å²) >= 11 is 0. The van der Waals surface area contributed by atoms with E-state index in [1.54, 1.807) is 0 Å². The van der Waals surface area contributed by atoms with Crippen molar-refractivity contribution in [3.8, 4) is 0 Å². The second-order valence-electron chi connectivity index (χ2n) is 2.68. The number of alkyl halides is 1. The minimum atomic E-state index is -0.594. The molecule has 0 aliphatic carbocycles. The first-order valence-corrected chi connectivity index (χ1v) is 3.69. The molecule has 0 saturated carbocycles. The Kier molecular flexibility index (Phi) is 2.46. The van der Waals surface area contributed by atoms with E-state index in [0.29, 0.717) is 12.5 Å². The van der Waals surface area contributed by atoms with Gasteiger partial charge in [-0.1, -0.05) is 13.3 Å². The van der Waals surface area contributed by atoms with Gasteiger partial charge in [0.15, 0.2) is 0 Å². The highest BCUT2D eigenvalue weighted by Gasteiger charge is 2.21. The van der Waals surface area contributed by atoms with Gasteiger partial charge in [0.25, 0.3) is 0 Å². The van der Waals surface area contributed by atoms with Gasteiger partial charge in [0.2, 0.25) is 0 Å². The van der Waals surface area contributed by atoms with Crippen LogP contribution in [0.3, 0.4) is 0 Å². The minimum Gasteiger partial charge on any atom is -0.314 e. The third kappa shape index (κ3) is 1.65. The average molecular weight is 131 g/mol. The standard InChI is InChI=1S/C7H14FN/c1-2-6-3-4-9-5-7(6)8/h6-7,9H,2-5H2,1H3/t6?,7-/m1/s1. The fourth-order valence-corrected chi connectivity index (χ4v) is 1.33. The minimum absolute atomic E-state index is 0.325. The molecule has 1 fully saturated rings. The van der Waals surface area contributed by atoms with Crippen molar-refractivity contribution in [2.75, 3.05) is 13.1 Å². The van der Waals surface area contributed by atoms with Gasteiger partial charge < -0.3 is 5.32 Å². The maximum Gasteiger partial charge on any atom is 0.115 e. The second kappa shape index (κ2) is 3.16. The van der Waals surface area contributed by atoms with Crippen molar-refractivity contribution in [2.24, 2.45) is 5.92 Å². The highest BCUT2D eigenvalue weighted by Crippen LogP contribution is 2.18. The van der Waals surface area contributed by atoms with Crippen LogP contribution in [0.25, 0.3) is 0 Å². The number of hydrogen-bond acceptors (Lipinski definition) is 1. The van der Waals surface area contributed by atoms with E-state index in [2.05, 4.69) is 12.2 Å². The van der Waals surface area contributed by atoms with Crippen LogP contribution in [0.1, 0.15) is 19.8 Å². The van der Waals surface area contributed by atoms with Crippen LogP contribution >= 0.6 is 0 Å². The predicted molar refractivity (Wildman–Crippen MR) is 36.2 cm³/mol. The Bertz CT molecular complexity index is 85.0. The van der Waals surface area contributed by atoms with E-state index in [1.165, 1.54) is 0 Å². The third-order valence-corrected chi connectivity index (χ3v) is 2.07. The summed E-state index contributed by atoms with van der Waals surface area (Å²) in [5.74, 6) is 0.325. The van der Waals surface area contributed by atoms with Crippen LogP contribution in [0.5, 0.6) is 0 Å². The average Bonchev–Trinajstić information content (AvgIpc) is 1.89. The lowest BCUT2D eigenvalue weighted by Crippen LogP contribution is -2.37. The number of piperidine rings is 1. The van der Waals surface area contributed by atoms with Crippen molar-refractivity contribution in [2.45, 2.75) is 25.9 Å². The normalized spacial score (nSPS) is 36.7. The Hall–Kier alpha value is -0.110. The van der Waals surface area contributed by atoms with Crippen LogP contribution in [-0.4, -0.2) is 19.3 Å². The molecule has 2 heteroatoms. The molecule has 0 spiro atoms. The molecular weight excluding hydrogens is 117 g/mol. The van der Waals surface area contributed by atoms with Crippen LogP contribution < -0.4 is 5.32 Å². The highest BCUT2D eigenvalue weighted by atomic mass is 19.1. The quantitative estimate of drug-likeness (QED) is 0.566. The SMILES string of the molecule is CCC1CCNC[C@H]1F. The Morgan fingerprint density at radius 1 is 1.67 bits per heavy atom. The van der Waals surface area contributed by atoms with Crippen LogP contribution in [0.4, 0.5) is 4.39 Å². The molecule has 0 aromatic heterocycles. The smallest absolute Gasteiger partial charge is 0.115 e. The van der Waals surface area contributed by atoms with E-state index in [0.717, 1.165) is 19.4 Å².